The van der Waals surface area contributed by atoms with Crippen LogP contribution in [-0.2, 0) is 9.84 Å². The third kappa shape index (κ3) is 2.20. The van der Waals surface area contributed by atoms with Crippen molar-refractivity contribution in [3.05, 3.63) is 0 Å². The van der Waals surface area contributed by atoms with Crippen LogP contribution in [0.2, 0.25) is 0 Å². The molecule has 3 atom stereocenters. The fourth-order valence-electron chi connectivity index (χ4n) is 2.36. The van der Waals surface area contributed by atoms with E-state index in [1.807, 2.05) is 4.90 Å². The van der Waals surface area contributed by atoms with Crippen molar-refractivity contribution in [2.45, 2.75) is 18.2 Å². The number of piperazine rings is 1. The van der Waals surface area contributed by atoms with E-state index in [9.17, 15) is 13.5 Å². The molecule has 2 fully saturated rings. The minimum absolute atomic E-state index is 0.0354. The quantitative estimate of drug-likeness (QED) is 0.552. The first-order valence-electron chi connectivity index (χ1n) is 5.28. The van der Waals surface area contributed by atoms with Gasteiger partial charge in [0.15, 0.2) is 9.84 Å². The van der Waals surface area contributed by atoms with Crippen molar-refractivity contribution in [2.75, 3.05) is 31.1 Å². The van der Waals surface area contributed by atoms with Gasteiger partial charge in [-0.05, 0) is 0 Å². The Morgan fingerprint density at radius 3 is 2.75 bits per heavy atom. The molecule has 0 spiro atoms. The van der Waals surface area contributed by atoms with Crippen LogP contribution in [0.4, 0.5) is 0 Å². The Morgan fingerprint density at radius 2 is 2.19 bits per heavy atom. The second kappa shape index (κ2) is 4.30. The van der Waals surface area contributed by atoms with Gasteiger partial charge in [-0.25, -0.2) is 8.42 Å². The molecule has 2 aliphatic rings. The fraction of sp³-hybridized carbons (Fsp3) is 0.889. The van der Waals surface area contributed by atoms with Crippen LogP contribution in [-0.4, -0.2) is 67.8 Å². The van der Waals surface area contributed by atoms with Crippen molar-refractivity contribution in [3.63, 3.8) is 0 Å². The second-order valence-corrected chi connectivity index (χ2v) is 6.45. The lowest BCUT2D eigenvalue weighted by Gasteiger charge is -2.37. The Morgan fingerprint density at radius 1 is 1.44 bits per heavy atom. The molecule has 3 unspecified atom stereocenters. The number of hydrogen-bond donors (Lipinski definition) is 2. The largest absolute Gasteiger partial charge is 0.390 e. The van der Waals surface area contributed by atoms with Crippen LogP contribution in [0, 0.1) is 11.3 Å². The van der Waals surface area contributed by atoms with Gasteiger partial charge in [0.1, 0.15) is 6.04 Å². The summed E-state index contributed by atoms with van der Waals surface area (Å²) in [6, 6.07) is 1.37. The second-order valence-electron chi connectivity index (χ2n) is 4.30. The number of hydrogen-bond acceptors (Lipinski definition) is 6. The molecule has 90 valence electrons. The molecule has 0 amide bonds. The lowest BCUT2D eigenvalue weighted by Crippen LogP contribution is -2.57. The zero-order valence-electron chi connectivity index (χ0n) is 8.83. The predicted molar refractivity (Wildman–Crippen MR) is 57.4 cm³/mol. The highest BCUT2D eigenvalue weighted by atomic mass is 32.2. The summed E-state index contributed by atoms with van der Waals surface area (Å²) in [6.07, 6.45) is -0.862. The minimum Gasteiger partial charge on any atom is -0.390 e. The van der Waals surface area contributed by atoms with E-state index in [0.29, 0.717) is 13.1 Å². The van der Waals surface area contributed by atoms with Crippen LogP contribution >= 0.6 is 0 Å². The summed E-state index contributed by atoms with van der Waals surface area (Å²) in [5.41, 5.74) is 0. The van der Waals surface area contributed by atoms with Gasteiger partial charge in [-0.1, -0.05) is 0 Å². The van der Waals surface area contributed by atoms with E-state index in [2.05, 4.69) is 11.4 Å². The van der Waals surface area contributed by atoms with Gasteiger partial charge in [0.05, 0.1) is 29.7 Å². The number of nitrogens with one attached hydrogen (secondary N) is 1. The van der Waals surface area contributed by atoms with Crippen molar-refractivity contribution in [3.8, 4) is 6.07 Å². The SMILES string of the molecule is N#CC1CNCCN1C1CS(=O)(=O)CC1O. The fourth-order valence-corrected chi connectivity index (χ4v) is 4.18. The molecule has 0 radical (unpaired) electrons. The zero-order chi connectivity index (χ0) is 11.8. The number of aliphatic hydroxyl groups is 1. The first-order valence-corrected chi connectivity index (χ1v) is 7.10. The van der Waals surface area contributed by atoms with E-state index in [1.54, 1.807) is 0 Å². The normalized spacial score (nSPS) is 39.4. The number of rotatable bonds is 1. The molecule has 0 aromatic rings. The van der Waals surface area contributed by atoms with Gasteiger partial charge in [0.25, 0.3) is 0 Å². The molecule has 0 aromatic carbocycles. The average Bonchev–Trinajstić information content (AvgIpc) is 2.52. The highest BCUT2D eigenvalue weighted by Crippen LogP contribution is 2.21. The van der Waals surface area contributed by atoms with Gasteiger partial charge in [-0.3, -0.25) is 4.90 Å². The lowest BCUT2D eigenvalue weighted by atomic mass is 10.1. The monoisotopic (exact) mass is 245 g/mol. The molecule has 7 heteroatoms. The topological polar surface area (TPSA) is 93.4 Å². The molecule has 2 N–H and O–H groups in total. The van der Waals surface area contributed by atoms with Crippen LogP contribution in [0.3, 0.4) is 0 Å². The molecular weight excluding hydrogens is 230 g/mol. The van der Waals surface area contributed by atoms with Gasteiger partial charge in [-0.15, -0.1) is 0 Å². The van der Waals surface area contributed by atoms with E-state index in [-0.39, 0.29) is 17.5 Å². The molecule has 0 saturated carbocycles. The van der Waals surface area contributed by atoms with Gasteiger partial charge >= 0.3 is 0 Å². The predicted octanol–water partition coefficient (Wildman–Crippen LogP) is -2.06. The van der Waals surface area contributed by atoms with E-state index in [0.717, 1.165) is 6.54 Å². The molecule has 2 heterocycles. The first-order chi connectivity index (χ1) is 7.53. The van der Waals surface area contributed by atoms with Crippen molar-refractivity contribution in [1.29, 1.82) is 5.26 Å². The Balaban J connectivity index is 2.15. The Hall–Kier alpha value is -0.680. The van der Waals surface area contributed by atoms with E-state index < -0.39 is 22.0 Å². The van der Waals surface area contributed by atoms with Crippen molar-refractivity contribution in [1.82, 2.24) is 10.2 Å². The maximum absolute atomic E-state index is 11.4. The summed E-state index contributed by atoms with van der Waals surface area (Å²) < 4.78 is 22.8. The van der Waals surface area contributed by atoms with E-state index in [4.69, 9.17) is 5.26 Å². The summed E-state index contributed by atoms with van der Waals surface area (Å²) in [5.74, 6) is -0.216. The minimum atomic E-state index is -3.15. The van der Waals surface area contributed by atoms with Gasteiger partial charge in [0.2, 0.25) is 0 Å². The van der Waals surface area contributed by atoms with Gasteiger partial charge < -0.3 is 10.4 Å². The highest BCUT2D eigenvalue weighted by Gasteiger charge is 2.42. The molecule has 16 heavy (non-hydrogen) atoms. The summed E-state index contributed by atoms with van der Waals surface area (Å²) in [4.78, 5) is 1.81. The number of sulfone groups is 1. The van der Waals surface area contributed by atoms with Crippen molar-refractivity contribution < 1.29 is 13.5 Å². The molecule has 6 nitrogen and oxygen atoms in total. The van der Waals surface area contributed by atoms with Crippen LogP contribution in [0.15, 0.2) is 0 Å². The smallest absolute Gasteiger partial charge is 0.154 e. The summed E-state index contributed by atoms with van der Waals surface area (Å²) in [5, 5.41) is 21.8. The van der Waals surface area contributed by atoms with Crippen molar-refractivity contribution >= 4 is 9.84 Å². The van der Waals surface area contributed by atoms with Crippen LogP contribution in [0.1, 0.15) is 0 Å². The van der Waals surface area contributed by atoms with Crippen LogP contribution < -0.4 is 5.32 Å². The molecule has 0 aliphatic carbocycles. The number of aliphatic hydroxyl groups excluding tert-OH is 1. The zero-order valence-corrected chi connectivity index (χ0v) is 9.65. The van der Waals surface area contributed by atoms with Crippen LogP contribution in [0.25, 0.3) is 0 Å². The Labute approximate surface area is 94.8 Å². The maximum atomic E-state index is 11.4. The van der Waals surface area contributed by atoms with Crippen molar-refractivity contribution in [2.24, 2.45) is 0 Å². The highest BCUT2D eigenvalue weighted by molar-refractivity contribution is 7.91. The molecule has 0 aromatic heterocycles. The summed E-state index contributed by atoms with van der Waals surface area (Å²) in [7, 11) is -3.15. The Bertz CT molecular complexity index is 403. The van der Waals surface area contributed by atoms with E-state index in [1.165, 1.54) is 0 Å². The molecule has 2 rings (SSSR count). The molecule has 2 saturated heterocycles. The third-order valence-electron chi connectivity index (χ3n) is 3.15. The molecular formula is C9H15N3O3S. The third-order valence-corrected chi connectivity index (χ3v) is 4.85. The molecule has 0 bridgehead atoms. The lowest BCUT2D eigenvalue weighted by molar-refractivity contribution is 0.0573. The van der Waals surface area contributed by atoms with E-state index >= 15 is 0 Å². The summed E-state index contributed by atoms with van der Waals surface area (Å²) in [6.45, 7) is 1.86. The molecule has 2 aliphatic heterocycles. The van der Waals surface area contributed by atoms with Gasteiger partial charge in [-0.2, -0.15) is 5.26 Å². The standard InChI is InChI=1S/C9H15N3O3S/c10-3-7-4-11-1-2-12(7)8-5-16(14,15)6-9(8)13/h7-9,11,13H,1-2,4-6H2. The maximum Gasteiger partial charge on any atom is 0.154 e. The number of nitriles is 1. The average molecular weight is 245 g/mol. The van der Waals surface area contributed by atoms with Gasteiger partial charge in [0, 0.05) is 19.6 Å². The number of nitrogens with zero attached hydrogens (tertiary/aromatic N) is 2. The first kappa shape index (κ1) is 11.8. The van der Waals surface area contributed by atoms with Crippen LogP contribution in [0.5, 0.6) is 0 Å². The summed E-state index contributed by atoms with van der Waals surface area (Å²) >= 11 is 0. The Kier molecular flexibility index (Phi) is 3.17.